The van der Waals surface area contributed by atoms with Gasteiger partial charge in [0.15, 0.2) is 5.82 Å². The van der Waals surface area contributed by atoms with Gasteiger partial charge in [0.05, 0.1) is 11.0 Å². The van der Waals surface area contributed by atoms with Crippen LogP contribution >= 0.6 is 11.6 Å². The van der Waals surface area contributed by atoms with Crippen molar-refractivity contribution in [1.29, 1.82) is 0 Å². The molecule has 4 rings (SSSR count). The van der Waals surface area contributed by atoms with Crippen LogP contribution in [-0.2, 0) is 18.4 Å². The lowest BCUT2D eigenvalue weighted by Crippen LogP contribution is -2.43. The quantitative estimate of drug-likeness (QED) is 0.717. The highest BCUT2D eigenvalue weighted by atomic mass is 35.5. The number of nitrogens with one attached hydrogen (secondary N) is 1. The molecular formula is C22H23ClN4O2. The summed E-state index contributed by atoms with van der Waals surface area (Å²) >= 11 is 6.15. The first-order valence-electron chi connectivity index (χ1n) is 9.76. The Kier molecular flexibility index (Phi) is 5.53. The molecule has 1 N–H and O–H groups in total. The topological polar surface area (TPSA) is 67.2 Å². The Morgan fingerprint density at radius 2 is 1.83 bits per heavy atom. The molecule has 7 heteroatoms. The maximum Gasteiger partial charge on any atom is 0.293 e. The molecule has 1 aliphatic heterocycles. The van der Waals surface area contributed by atoms with Crippen LogP contribution in [0.25, 0.3) is 11.0 Å². The second-order valence-corrected chi connectivity index (χ2v) is 7.77. The van der Waals surface area contributed by atoms with Crippen LogP contribution in [0.1, 0.15) is 18.4 Å². The number of piperidine rings is 1. The van der Waals surface area contributed by atoms with E-state index in [0.29, 0.717) is 43.3 Å². The molecule has 1 aromatic heterocycles. The summed E-state index contributed by atoms with van der Waals surface area (Å²) in [5.41, 5.74) is 2.41. The van der Waals surface area contributed by atoms with Crippen molar-refractivity contribution in [3.05, 3.63) is 69.5 Å². The Labute approximate surface area is 174 Å². The molecule has 0 spiro atoms. The molecule has 150 valence electrons. The monoisotopic (exact) mass is 410 g/mol. The first-order chi connectivity index (χ1) is 14.0. The van der Waals surface area contributed by atoms with Gasteiger partial charge in [-0.2, -0.15) is 0 Å². The number of benzene rings is 2. The molecule has 29 heavy (non-hydrogen) atoms. The molecule has 0 atom stereocenters. The highest BCUT2D eigenvalue weighted by molar-refractivity contribution is 6.31. The Morgan fingerprint density at radius 3 is 2.59 bits per heavy atom. The van der Waals surface area contributed by atoms with Gasteiger partial charge in [0.2, 0.25) is 5.91 Å². The molecule has 0 aliphatic carbocycles. The van der Waals surface area contributed by atoms with Gasteiger partial charge < -0.3 is 14.8 Å². The largest absolute Gasteiger partial charge is 0.352 e. The van der Waals surface area contributed by atoms with Crippen molar-refractivity contribution in [3.8, 4) is 0 Å². The first-order valence-corrected chi connectivity index (χ1v) is 10.1. The summed E-state index contributed by atoms with van der Waals surface area (Å²) in [5, 5.41) is 3.64. The molecule has 1 fully saturated rings. The molecule has 0 saturated carbocycles. The lowest BCUT2D eigenvalue weighted by Gasteiger charge is -2.32. The molecule has 0 bridgehead atoms. The smallest absolute Gasteiger partial charge is 0.293 e. The number of halogens is 1. The molecule has 6 nitrogen and oxygen atoms in total. The zero-order valence-corrected chi connectivity index (χ0v) is 17.0. The number of anilines is 1. The minimum absolute atomic E-state index is 0.0314. The summed E-state index contributed by atoms with van der Waals surface area (Å²) in [6.07, 6.45) is 1.37. The van der Waals surface area contributed by atoms with Crippen LogP contribution in [0.5, 0.6) is 0 Å². The number of carbonyl (C=O) groups is 1. The van der Waals surface area contributed by atoms with Gasteiger partial charge >= 0.3 is 0 Å². The number of hydrogen-bond acceptors (Lipinski definition) is 4. The summed E-state index contributed by atoms with van der Waals surface area (Å²) in [5.74, 6) is 0.420. The van der Waals surface area contributed by atoms with E-state index in [9.17, 15) is 9.59 Å². The number of aromatic nitrogens is 2. The molecule has 1 saturated heterocycles. The molecule has 1 aliphatic rings. The van der Waals surface area contributed by atoms with E-state index in [-0.39, 0.29) is 17.4 Å². The van der Waals surface area contributed by atoms with Crippen LogP contribution in [0, 0.1) is 5.92 Å². The van der Waals surface area contributed by atoms with Gasteiger partial charge in [-0.3, -0.25) is 9.59 Å². The Balaban J connectivity index is 1.41. The highest BCUT2D eigenvalue weighted by Gasteiger charge is 2.27. The van der Waals surface area contributed by atoms with E-state index >= 15 is 0 Å². The summed E-state index contributed by atoms with van der Waals surface area (Å²) < 4.78 is 1.64. The maximum atomic E-state index is 12.8. The van der Waals surface area contributed by atoms with Gasteiger partial charge in [-0.25, -0.2) is 4.98 Å². The van der Waals surface area contributed by atoms with Gasteiger partial charge in [0.25, 0.3) is 5.56 Å². The van der Waals surface area contributed by atoms with E-state index in [1.165, 1.54) is 0 Å². The predicted octanol–water partition coefficient (Wildman–Crippen LogP) is 3.12. The van der Waals surface area contributed by atoms with Crippen molar-refractivity contribution in [1.82, 2.24) is 14.9 Å². The van der Waals surface area contributed by atoms with E-state index in [1.807, 2.05) is 53.4 Å². The van der Waals surface area contributed by atoms with Crippen LogP contribution in [0.3, 0.4) is 0 Å². The highest BCUT2D eigenvalue weighted by Crippen LogP contribution is 2.22. The Hall–Kier alpha value is -2.86. The van der Waals surface area contributed by atoms with Crippen LogP contribution < -0.4 is 15.8 Å². The second kappa shape index (κ2) is 8.25. The molecule has 2 heterocycles. The maximum absolute atomic E-state index is 12.8. The van der Waals surface area contributed by atoms with E-state index in [0.717, 1.165) is 16.6 Å². The fourth-order valence-electron chi connectivity index (χ4n) is 3.79. The zero-order valence-electron chi connectivity index (χ0n) is 16.3. The van der Waals surface area contributed by atoms with Gasteiger partial charge in [0.1, 0.15) is 0 Å². The van der Waals surface area contributed by atoms with Crippen molar-refractivity contribution >= 4 is 34.4 Å². The van der Waals surface area contributed by atoms with E-state index in [1.54, 1.807) is 11.6 Å². The molecule has 3 aromatic rings. The third kappa shape index (κ3) is 3.98. The average Bonchev–Trinajstić information content (AvgIpc) is 2.75. The van der Waals surface area contributed by atoms with Crippen molar-refractivity contribution in [2.45, 2.75) is 19.4 Å². The number of carbonyl (C=O) groups excluding carboxylic acids is 1. The third-order valence-electron chi connectivity index (χ3n) is 5.54. The molecule has 0 radical (unpaired) electrons. The Bertz CT molecular complexity index is 1100. The number of fused-ring (bicyclic) bond motifs is 1. The van der Waals surface area contributed by atoms with E-state index in [4.69, 9.17) is 11.6 Å². The molecule has 2 aromatic carbocycles. The van der Waals surface area contributed by atoms with Gasteiger partial charge in [-0.15, -0.1) is 0 Å². The van der Waals surface area contributed by atoms with Crippen LogP contribution in [-0.4, -0.2) is 28.5 Å². The minimum atomic E-state index is -0.106. The predicted molar refractivity (Wildman–Crippen MR) is 115 cm³/mol. The molecule has 1 amide bonds. The standard InChI is InChI=1S/C22H23ClN4O2/c1-26-19-9-5-4-8-18(19)25-20(22(26)29)27-12-10-15(11-13-27)21(28)24-14-16-6-2-3-7-17(16)23/h2-9,15H,10-14H2,1H3,(H,24,28). The zero-order chi connectivity index (χ0) is 20.4. The van der Waals surface area contributed by atoms with Crippen LogP contribution in [0.4, 0.5) is 5.82 Å². The summed E-state index contributed by atoms with van der Waals surface area (Å²) in [6.45, 7) is 1.68. The van der Waals surface area contributed by atoms with Crippen LogP contribution in [0.15, 0.2) is 53.3 Å². The molecular weight excluding hydrogens is 388 g/mol. The van der Waals surface area contributed by atoms with Crippen molar-refractivity contribution in [2.24, 2.45) is 13.0 Å². The van der Waals surface area contributed by atoms with Crippen molar-refractivity contribution < 1.29 is 4.79 Å². The van der Waals surface area contributed by atoms with E-state index in [2.05, 4.69) is 10.3 Å². The summed E-state index contributed by atoms with van der Waals surface area (Å²) in [7, 11) is 1.77. The van der Waals surface area contributed by atoms with Crippen molar-refractivity contribution in [3.63, 3.8) is 0 Å². The fourth-order valence-corrected chi connectivity index (χ4v) is 3.99. The number of hydrogen-bond donors (Lipinski definition) is 1. The lowest BCUT2D eigenvalue weighted by molar-refractivity contribution is -0.125. The normalized spacial score (nSPS) is 14.9. The SMILES string of the molecule is Cn1c(=O)c(N2CCC(C(=O)NCc3ccccc3Cl)CC2)nc2ccccc21. The number of para-hydroxylation sites is 2. The van der Waals surface area contributed by atoms with Gasteiger partial charge in [-0.05, 0) is 36.6 Å². The number of rotatable bonds is 4. The van der Waals surface area contributed by atoms with Crippen molar-refractivity contribution in [2.75, 3.05) is 18.0 Å². The fraction of sp³-hybridized carbons (Fsp3) is 0.318. The Morgan fingerprint density at radius 1 is 1.14 bits per heavy atom. The minimum Gasteiger partial charge on any atom is -0.352 e. The number of nitrogens with zero attached hydrogens (tertiary/aromatic N) is 3. The first kappa shape index (κ1) is 19.5. The van der Waals surface area contributed by atoms with Crippen LogP contribution in [0.2, 0.25) is 5.02 Å². The number of amides is 1. The summed E-state index contributed by atoms with van der Waals surface area (Å²) in [4.78, 5) is 31.9. The summed E-state index contributed by atoms with van der Waals surface area (Å²) in [6, 6.07) is 15.1. The third-order valence-corrected chi connectivity index (χ3v) is 5.91. The molecule has 0 unspecified atom stereocenters. The van der Waals surface area contributed by atoms with Gasteiger partial charge in [0, 0.05) is 37.6 Å². The van der Waals surface area contributed by atoms with Gasteiger partial charge in [-0.1, -0.05) is 41.9 Å². The van der Waals surface area contributed by atoms with E-state index < -0.39 is 0 Å². The lowest BCUT2D eigenvalue weighted by atomic mass is 9.96. The number of aryl methyl sites for hydroxylation is 1. The second-order valence-electron chi connectivity index (χ2n) is 7.36. The average molecular weight is 411 g/mol.